The number of aromatic nitrogens is 1. The van der Waals surface area contributed by atoms with E-state index in [1.54, 1.807) is 35.7 Å². The molecule has 0 aliphatic heterocycles. The van der Waals surface area contributed by atoms with Crippen molar-refractivity contribution in [3.63, 3.8) is 0 Å². The van der Waals surface area contributed by atoms with Crippen molar-refractivity contribution in [2.24, 2.45) is 0 Å². The number of hydrogen-bond acceptors (Lipinski definition) is 5. The van der Waals surface area contributed by atoms with Gasteiger partial charge in [0.2, 0.25) is 0 Å². The van der Waals surface area contributed by atoms with Crippen molar-refractivity contribution in [1.82, 2.24) is 4.98 Å². The Bertz CT molecular complexity index is 1140. The number of nitrogens with zero attached hydrogens (tertiary/aromatic N) is 2. The van der Waals surface area contributed by atoms with Crippen LogP contribution in [0, 0.1) is 11.3 Å². The minimum Gasteiger partial charge on any atom is -0.379 e. The third kappa shape index (κ3) is 3.57. The number of benzene rings is 2. The van der Waals surface area contributed by atoms with Crippen LogP contribution in [-0.4, -0.2) is 11.3 Å². The molecular formula is C22H15N3OS. The Morgan fingerprint density at radius 1 is 1.11 bits per heavy atom. The number of nitrogens with one attached hydrogen (secondary N) is 1. The van der Waals surface area contributed by atoms with Gasteiger partial charge < -0.3 is 5.32 Å². The predicted molar refractivity (Wildman–Crippen MR) is 109 cm³/mol. The molecule has 0 amide bonds. The van der Waals surface area contributed by atoms with Crippen LogP contribution in [0.2, 0.25) is 0 Å². The average Bonchev–Trinajstić information content (AvgIpc) is 3.15. The molecule has 0 saturated heterocycles. The molecule has 2 aromatic carbocycles. The van der Waals surface area contributed by atoms with Crippen LogP contribution < -0.4 is 5.32 Å². The van der Waals surface area contributed by atoms with Crippen LogP contribution in [0.15, 0.2) is 66.9 Å². The van der Waals surface area contributed by atoms with E-state index >= 15 is 0 Å². The van der Waals surface area contributed by atoms with E-state index < -0.39 is 0 Å². The summed E-state index contributed by atoms with van der Waals surface area (Å²) in [4.78, 5) is 16.5. The predicted octanol–water partition coefficient (Wildman–Crippen LogP) is 5.26. The van der Waals surface area contributed by atoms with Gasteiger partial charge in [-0.1, -0.05) is 24.3 Å². The van der Waals surface area contributed by atoms with Crippen LogP contribution in [-0.2, 0) is 6.54 Å². The second-order valence-electron chi connectivity index (χ2n) is 6.07. The highest BCUT2D eigenvalue weighted by Crippen LogP contribution is 2.28. The zero-order chi connectivity index (χ0) is 18.6. The lowest BCUT2D eigenvalue weighted by molar-refractivity contribution is 0.112. The average molecular weight is 369 g/mol. The van der Waals surface area contributed by atoms with Gasteiger partial charge in [-0.2, -0.15) is 5.26 Å². The van der Waals surface area contributed by atoms with Gasteiger partial charge in [0.05, 0.1) is 16.9 Å². The SMILES string of the molecule is N#Cc1cc(-c2cc(C=O)ccn2)ccc1NCc1cc2ccccc2s1. The smallest absolute Gasteiger partial charge is 0.150 e. The molecule has 27 heavy (non-hydrogen) atoms. The molecule has 4 rings (SSSR count). The number of thiophene rings is 1. The molecule has 0 atom stereocenters. The molecule has 2 aromatic heterocycles. The van der Waals surface area contributed by atoms with Crippen molar-refractivity contribution in [3.8, 4) is 17.3 Å². The number of hydrogen-bond donors (Lipinski definition) is 1. The molecule has 0 spiro atoms. The topological polar surface area (TPSA) is 65.8 Å². The van der Waals surface area contributed by atoms with E-state index in [-0.39, 0.29) is 0 Å². The van der Waals surface area contributed by atoms with Crippen molar-refractivity contribution < 1.29 is 4.79 Å². The number of carbonyl (C=O) groups excluding carboxylic acids is 1. The molecule has 0 saturated carbocycles. The normalized spacial score (nSPS) is 10.5. The monoisotopic (exact) mass is 369 g/mol. The number of anilines is 1. The van der Waals surface area contributed by atoms with Crippen LogP contribution in [0.1, 0.15) is 20.8 Å². The van der Waals surface area contributed by atoms with E-state index in [1.807, 2.05) is 24.3 Å². The number of nitriles is 1. The maximum absolute atomic E-state index is 11.0. The fraction of sp³-hybridized carbons (Fsp3) is 0.0455. The summed E-state index contributed by atoms with van der Waals surface area (Å²) in [6, 6.07) is 21.7. The number of pyridine rings is 1. The van der Waals surface area contributed by atoms with Crippen molar-refractivity contribution in [2.45, 2.75) is 6.54 Å². The van der Waals surface area contributed by atoms with Crippen LogP contribution in [0.3, 0.4) is 0 Å². The van der Waals surface area contributed by atoms with E-state index in [0.29, 0.717) is 23.4 Å². The molecule has 4 aromatic rings. The first-order valence-corrected chi connectivity index (χ1v) is 9.25. The van der Waals surface area contributed by atoms with Crippen LogP contribution in [0.4, 0.5) is 5.69 Å². The molecule has 0 aliphatic rings. The van der Waals surface area contributed by atoms with Crippen molar-refractivity contribution >= 4 is 33.4 Å². The van der Waals surface area contributed by atoms with Gasteiger partial charge in [0.1, 0.15) is 12.4 Å². The summed E-state index contributed by atoms with van der Waals surface area (Å²) in [6.45, 7) is 0.659. The highest BCUT2D eigenvalue weighted by molar-refractivity contribution is 7.19. The molecule has 1 N–H and O–H groups in total. The van der Waals surface area contributed by atoms with E-state index in [1.165, 1.54) is 15.0 Å². The fourth-order valence-electron chi connectivity index (χ4n) is 2.93. The van der Waals surface area contributed by atoms with Gasteiger partial charge in [0.25, 0.3) is 0 Å². The summed E-state index contributed by atoms with van der Waals surface area (Å²) >= 11 is 1.75. The summed E-state index contributed by atoms with van der Waals surface area (Å²) in [5, 5.41) is 14.1. The summed E-state index contributed by atoms with van der Waals surface area (Å²) in [5.74, 6) is 0. The van der Waals surface area contributed by atoms with Gasteiger partial charge in [-0.15, -0.1) is 11.3 Å². The lowest BCUT2D eigenvalue weighted by Crippen LogP contribution is -2.00. The fourth-order valence-corrected chi connectivity index (χ4v) is 3.94. The molecule has 0 aliphatic carbocycles. The maximum atomic E-state index is 11.0. The molecule has 0 radical (unpaired) electrons. The Balaban J connectivity index is 1.57. The van der Waals surface area contributed by atoms with Crippen molar-refractivity contribution in [3.05, 3.63) is 82.9 Å². The van der Waals surface area contributed by atoms with E-state index in [9.17, 15) is 10.1 Å². The summed E-state index contributed by atoms with van der Waals surface area (Å²) in [7, 11) is 0. The molecular weight excluding hydrogens is 354 g/mol. The molecule has 0 unspecified atom stereocenters. The van der Waals surface area contributed by atoms with Gasteiger partial charge in [0, 0.05) is 33.4 Å². The third-order valence-electron chi connectivity index (χ3n) is 4.29. The molecule has 4 nitrogen and oxygen atoms in total. The zero-order valence-electron chi connectivity index (χ0n) is 14.3. The maximum Gasteiger partial charge on any atom is 0.150 e. The molecule has 0 bridgehead atoms. The first-order chi connectivity index (χ1) is 13.3. The lowest BCUT2D eigenvalue weighted by Gasteiger charge is -2.09. The molecule has 130 valence electrons. The lowest BCUT2D eigenvalue weighted by atomic mass is 10.0. The molecule has 0 fully saturated rings. The Labute approximate surface area is 160 Å². The second kappa shape index (κ2) is 7.40. The highest BCUT2D eigenvalue weighted by Gasteiger charge is 2.08. The van der Waals surface area contributed by atoms with Crippen LogP contribution in [0.5, 0.6) is 0 Å². The largest absolute Gasteiger partial charge is 0.379 e. The van der Waals surface area contributed by atoms with Gasteiger partial charge in [-0.25, -0.2) is 0 Å². The van der Waals surface area contributed by atoms with Gasteiger partial charge in [-0.05, 0) is 41.8 Å². The number of fused-ring (bicyclic) bond motifs is 1. The number of aldehydes is 1. The first-order valence-electron chi connectivity index (χ1n) is 8.44. The van der Waals surface area contributed by atoms with E-state index in [2.05, 4.69) is 34.6 Å². The van der Waals surface area contributed by atoms with Gasteiger partial charge in [-0.3, -0.25) is 9.78 Å². The van der Waals surface area contributed by atoms with E-state index in [0.717, 1.165) is 17.5 Å². The zero-order valence-corrected chi connectivity index (χ0v) is 15.2. The van der Waals surface area contributed by atoms with Crippen LogP contribution >= 0.6 is 11.3 Å². The van der Waals surface area contributed by atoms with Crippen molar-refractivity contribution in [1.29, 1.82) is 5.26 Å². The Morgan fingerprint density at radius 2 is 2.00 bits per heavy atom. The number of carbonyl (C=O) groups is 1. The van der Waals surface area contributed by atoms with Gasteiger partial charge >= 0.3 is 0 Å². The van der Waals surface area contributed by atoms with Gasteiger partial charge in [0.15, 0.2) is 0 Å². The minimum absolute atomic E-state index is 0.548. The molecule has 5 heteroatoms. The minimum atomic E-state index is 0.548. The third-order valence-corrected chi connectivity index (χ3v) is 5.40. The standard InChI is InChI=1S/C22H15N3OS/c23-12-18-10-16(21-9-15(14-26)7-8-24-21)5-6-20(18)25-13-19-11-17-3-1-2-4-22(17)27-19/h1-11,14,25H,13H2. The van der Waals surface area contributed by atoms with Crippen molar-refractivity contribution in [2.75, 3.05) is 5.32 Å². The Kier molecular flexibility index (Phi) is 4.65. The Hall–Kier alpha value is -3.49. The first kappa shape index (κ1) is 17.0. The second-order valence-corrected chi connectivity index (χ2v) is 7.24. The quantitative estimate of drug-likeness (QED) is 0.487. The number of rotatable bonds is 5. The summed E-state index contributed by atoms with van der Waals surface area (Å²) < 4.78 is 1.26. The van der Waals surface area contributed by atoms with E-state index in [4.69, 9.17) is 0 Å². The molecule has 2 heterocycles. The Morgan fingerprint density at radius 3 is 2.81 bits per heavy atom. The highest BCUT2D eigenvalue weighted by atomic mass is 32.1. The summed E-state index contributed by atoms with van der Waals surface area (Å²) in [6.07, 6.45) is 2.38. The van der Waals surface area contributed by atoms with Crippen LogP contribution in [0.25, 0.3) is 21.3 Å². The summed E-state index contributed by atoms with van der Waals surface area (Å²) in [5.41, 5.74) is 3.37.